The number of imidazole rings is 1. The monoisotopic (exact) mass is 539 g/mol. The summed E-state index contributed by atoms with van der Waals surface area (Å²) in [6.45, 7) is 2.74. The van der Waals surface area contributed by atoms with Crippen LogP contribution in [0.4, 0.5) is 14.7 Å². The van der Waals surface area contributed by atoms with Crippen molar-refractivity contribution < 1.29 is 13.6 Å². The van der Waals surface area contributed by atoms with Crippen molar-refractivity contribution in [3.63, 3.8) is 0 Å². The fourth-order valence-electron chi connectivity index (χ4n) is 4.64. The first kappa shape index (κ1) is 26.0. The fourth-order valence-corrected chi connectivity index (χ4v) is 4.84. The van der Waals surface area contributed by atoms with Crippen LogP contribution >= 0.6 is 11.6 Å². The number of hydrogen-bond donors (Lipinski definition) is 2. The van der Waals surface area contributed by atoms with Gasteiger partial charge >= 0.3 is 0 Å². The van der Waals surface area contributed by atoms with Gasteiger partial charge in [0.2, 0.25) is 5.95 Å². The Balaban J connectivity index is 1.54. The number of nitrogens with zero attached hydrogens (tertiary/aromatic N) is 5. The summed E-state index contributed by atoms with van der Waals surface area (Å²) in [6, 6.07) is 8.91. The predicted molar refractivity (Wildman–Crippen MR) is 143 cm³/mol. The second-order valence-corrected chi connectivity index (χ2v) is 10.1. The van der Waals surface area contributed by atoms with E-state index in [1.807, 2.05) is 4.57 Å². The molecule has 0 bridgehead atoms. The van der Waals surface area contributed by atoms with Crippen molar-refractivity contribution in [3.8, 4) is 11.4 Å². The summed E-state index contributed by atoms with van der Waals surface area (Å²) in [7, 11) is 3.40. The third-order valence-corrected chi connectivity index (χ3v) is 6.95. The Morgan fingerprint density at radius 2 is 2.03 bits per heavy atom. The molecule has 2 aromatic heterocycles. The number of halogens is 3. The number of piperidine rings is 1. The first-order valence-corrected chi connectivity index (χ1v) is 12.8. The van der Waals surface area contributed by atoms with E-state index in [4.69, 9.17) is 21.6 Å². The third kappa shape index (κ3) is 5.46. The average Bonchev–Trinajstić information content (AvgIpc) is 3.27. The maximum atomic E-state index is 13.6. The highest BCUT2D eigenvalue weighted by Gasteiger charge is 2.23. The smallest absolute Gasteiger partial charge is 0.253 e. The number of nitrogens with one attached hydrogen (secondary N) is 2. The third-order valence-electron chi connectivity index (χ3n) is 6.62. The van der Waals surface area contributed by atoms with Gasteiger partial charge in [-0.05, 0) is 67.7 Å². The summed E-state index contributed by atoms with van der Waals surface area (Å²) >= 11 is 6.63. The topological polar surface area (TPSA) is 88.0 Å². The van der Waals surface area contributed by atoms with E-state index < -0.39 is 11.6 Å². The first-order valence-electron chi connectivity index (χ1n) is 12.4. The van der Waals surface area contributed by atoms with E-state index in [0.717, 1.165) is 38.1 Å². The first-order chi connectivity index (χ1) is 18.3. The van der Waals surface area contributed by atoms with Crippen LogP contribution in [0.2, 0.25) is 5.02 Å². The molecule has 0 spiro atoms. The normalized spacial score (nSPS) is 15.6. The van der Waals surface area contributed by atoms with Crippen LogP contribution < -0.4 is 10.6 Å². The minimum atomic E-state index is -0.906. The summed E-state index contributed by atoms with van der Waals surface area (Å²) in [4.78, 5) is 28.1. The van der Waals surface area contributed by atoms with E-state index in [1.54, 1.807) is 38.5 Å². The lowest BCUT2D eigenvalue weighted by molar-refractivity contribution is 0.0827. The molecule has 1 fully saturated rings. The highest BCUT2D eigenvalue weighted by atomic mass is 35.5. The molecule has 1 atom stereocenters. The lowest BCUT2D eigenvalue weighted by Crippen LogP contribution is -2.32. The number of aromatic nitrogens is 4. The average molecular weight is 540 g/mol. The van der Waals surface area contributed by atoms with Gasteiger partial charge in [-0.1, -0.05) is 17.7 Å². The maximum Gasteiger partial charge on any atom is 0.253 e. The minimum absolute atomic E-state index is 0.134. The molecule has 0 aliphatic carbocycles. The molecule has 38 heavy (non-hydrogen) atoms. The van der Waals surface area contributed by atoms with Crippen molar-refractivity contribution in [1.82, 2.24) is 29.7 Å². The van der Waals surface area contributed by atoms with Gasteiger partial charge in [0.25, 0.3) is 5.91 Å². The van der Waals surface area contributed by atoms with Gasteiger partial charge in [-0.15, -0.1) is 0 Å². The maximum absolute atomic E-state index is 13.6. The van der Waals surface area contributed by atoms with Crippen molar-refractivity contribution in [1.29, 1.82) is 0 Å². The van der Waals surface area contributed by atoms with Gasteiger partial charge in [0.1, 0.15) is 11.3 Å². The predicted octanol–water partition coefficient (Wildman–Crippen LogP) is 4.74. The molecule has 1 aliphatic heterocycles. The summed E-state index contributed by atoms with van der Waals surface area (Å²) in [5, 5.41) is 7.01. The Labute approximate surface area is 224 Å². The summed E-state index contributed by atoms with van der Waals surface area (Å²) < 4.78 is 28.9. The molecule has 3 heterocycles. The number of hydrogen-bond acceptors (Lipinski definition) is 6. The van der Waals surface area contributed by atoms with Crippen LogP contribution in [0, 0.1) is 17.6 Å². The van der Waals surface area contributed by atoms with E-state index in [9.17, 15) is 13.6 Å². The molecule has 0 radical (unpaired) electrons. The number of amides is 1. The highest BCUT2D eigenvalue weighted by Crippen LogP contribution is 2.32. The Morgan fingerprint density at radius 1 is 1.18 bits per heavy atom. The second-order valence-electron chi connectivity index (χ2n) is 9.66. The zero-order chi connectivity index (χ0) is 26.8. The van der Waals surface area contributed by atoms with Crippen LogP contribution in [0.3, 0.4) is 0 Å². The fraction of sp³-hybridized carbons (Fsp3) is 0.333. The Hall–Kier alpha value is -3.63. The number of rotatable bonds is 7. The quantitative estimate of drug-likeness (QED) is 0.353. The lowest BCUT2D eigenvalue weighted by atomic mass is 9.99. The number of carbonyl (C=O) groups is 1. The van der Waals surface area contributed by atoms with E-state index in [1.165, 1.54) is 11.0 Å². The number of anilines is 1. The van der Waals surface area contributed by atoms with Gasteiger partial charge < -0.3 is 20.1 Å². The summed E-state index contributed by atoms with van der Waals surface area (Å²) in [6.07, 6.45) is 3.76. The van der Waals surface area contributed by atoms with Gasteiger partial charge in [0.05, 0.1) is 11.2 Å². The number of benzene rings is 2. The Bertz CT molecular complexity index is 1480. The Morgan fingerprint density at radius 3 is 2.76 bits per heavy atom. The van der Waals surface area contributed by atoms with Crippen LogP contribution in [0.15, 0.2) is 42.6 Å². The lowest BCUT2D eigenvalue weighted by Gasteiger charge is -2.24. The molecule has 0 unspecified atom stereocenters. The molecule has 4 aromatic rings. The molecule has 2 N–H and O–H groups in total. The van der Waals surface area contributed by atoms with Crippen LogP contribution in [0.1, 0.15) is 28.8 Å². The molecule has 2 aromatic carbocycles. The van der Waals surface area contributed by atoms with Crippen molar-refractivity contribution in [2.24, 2.45) is 5.92 Å². The van der Waals surface area contributed by atoms with Crippen molar-refractivity contribution >= 4 is 34.6 Å². The highest BCUT2D eigenvalue weighted by molar-refractivity contribution is 6.33. The molecule has 198 valence electrons. The number of carbonyl (C=O) groups excluding carboxylic acids is 1. The molecule has 11 heteroatoms. The number of fused-ring (bicyclic) bond motifs is 1. The summed E-state index contributed by atoms with van der Waals surface area (Å²) in [5.74, 6) is -0.633. The van der Waals surface area contributed by atoms with Crippen LogP contribution in [-0.4, -0.2) is 57.5 Å². The van der Waals surface area contributed by atoms with Gasteiger partial charge in [0.15, 0.2) is 17.3 Å². The summed E-state index contributed by atoms with van der Waals surface area (Å²) in [5.41, 5.74) is 2.91. The molecule has 1 aliphatic rings. The van der Waals surface area contributed by atoms with Crippen molar-refractivity contribution in [2.75, 3.05) is 32.5 Å². The largest absolute Gasteiger partial charge is 0.350 e. The molecule has 5 rings (SSSR count). The van der Waals surface area contributed by atoms with E-state index in [2.05, 4.69) is 15.6 Å². The van der Waals surface area contributed by atoms with Crippen molar-refractivity contribution in [3.05, 3.63) is 70.4 Å². The van der Waals surface area contributed by atoms with Gasteiger partial charge in [-0.25, -0.2) is 18.7 Å². The zero-order valence-electron chi connectivity index (χ0n) is 21.1. The molecule has 1 saturated heterocycles. The van der Waals surface area contributed by atoms with Gasteiger partial charge in [0, 0.05) is 38.3 Å². The van der Waals surface area contributed by atoms with Gasteiger partial charge in [-0.3, -0.25) is 4.79 Å². The van der Waals surface area contributed by atoms with Crippen LogP contribution in [0.25, 0.3) is 22.6 Å². The standard InChI is InChI=1S/C27H28ClF2N7O/c1-36(2)26(38)18-6-7-20(28)19(11-18)24-34-23-14-33-27(32-13-16-5-8-21(29)22(30)10-16)35-25(23)37(24)15-17-4-3-9-31-12-17/h5-8,10-11,14,17,31H,3-4,9,12-13,15H2,1-2H3,(H,32,33,35)/t17-/m1/s1. The molecular weight excluding hydrogens is 512 g/mol. The van der Waals surface area contributed by atoms with E-state index in [0.29, 0.717) is 57.1 Å². The SMILES string of the molecule is CN(C)C(=O)c1ccc(Cl)c(-c2nc3cnc(NCc4ccc(F)c(F)c4)nc3n2C[C@@H]2CCCNC2)c1. The molecule has 8 nitrogen and oxygen atoms in total. The zero-order valence-corrected chi connectivity index (χ0v) is 21.9. The van der Waals surface area contributed by atoms with Gasteiger partial charge in [-0.2, -0.15) is 4.98 Å². The van der Waals surface area contributed by atoms with E-state index in [-0.39, 0.29) is 12.5 Å². The molecule has 1 amide bonds. The molecular formula is C27H28ClF2N7O. The van der Waals surface area contributed by atoms with Crippen molar-refractivity contribution in [2.45, 2.75) is 25.9 Å². The molecule has 0 saturated carbocycles. The van der Waals surface area contributed by atoms with E-state index >= 15 is 0 Å². The van der Waals surface area contributed by atoms with Crippen LogP contribution in [-0.2, 0) is 13.1 Å². The Kier molecular flexibility index (Phi) is 7.53. The second kappa shape index (κ2) is 11.0. The van der Waals surface area contributed by atoms with Crippen LogP contribution in [0.5, 0.6) is 0 Å². The minimum Gasteiger partial charge on any atom is -0.350 e.